The van der Waals surface area contributed by atoms with Gasteiger partial charge in [0.25, 0.3) is 0 Å². The van der Waals surface area contributed by atoms with Crippen molar-refractivity contribution in [1.82, 2.24) is 0 Å². The van der Waals surface area contributed by atoms with Crippen molar-refractivity contribution in [2.75, 3.05) is 13.2 Å². The average molecular weight is 611 g/mol. The normalized spacial score (nSPS) is 11.0. The Morgan fingerprint density at radius 2 is 0.628 bits per heavy atom. The van der Waals surface area contributed by atoms with Crippen molar-refractivity contribution in [3.05, 3.63) is 0 Å². The van der Waals surface area contributed by atoms with Gasteiger partial charge < -0.3 is 9.84 Å². The highest BCUT2D eigenvalue weighted by Gasteiger charge is 2.02. The molecule has 0 spiro atoms. The summed E-state index contributed by atoms with van der Waals surface area (Å²) in [4.78, 5) is 11.8. The minimum Gasteiger partial charge on any atom is -0.466 e. The van der Waals surface area contributed by atoms with E-state index in [2.05, 4.69) is 20.8 Å². The van der Waals surface area contributed by atoms with Crippen LogP contribution in [0.1, 0.15) is 239 Å². The van der Waals surface area contributed by atoms with Gasteiger partial charge in [-0.15, -0.1) is 0 Å². The van der Waals surface area contributed by atoms with Gasteiger partial charge in [-0.1, -0.05) is 213 Å². The highest BCUT2D eigenvalue weighted by molar-refractivity contribution is 5.69. The molecule has 260 valence electrons. The third-order valence-electron chi connectivity index (χ3n) is 8.76. The molecule has 0 aliphatic carbocycles. The molecule has 0 aliphatic heterocycles. The minimum atomic E-state index is 0.0222. The summed E-state index contributed by atoms with van der Waals surface area (Å²) in [6.45, 7) is 7.81. The highest BCUT2D eigenvalue weighted by Crippen LogP contribution is 2.14. The van der Waals surface area contributed by atoms with Gasteiger partial charge >= 0.3 is 5.97 Å². The average Bonchev–Trinajstić information content (AvgIpc) is 3.01. The van der Waals surface area contributed by atoms with Gasteiger partial charge in [0.15, 0.2) is 0 Å². The molecular weight excluding hydrogens is 528 g/mol. The fraction of sp³-hybridized carbons (Fsp3) is 0.975. The summed E-state index contributed by atoms with van der Waals surface area (Å²) in [5.41, 5.74) is 0. The summed E-state index contributed by atoms with van der Waals surface area (Å²) in [7, 11) is 0. The van der Waals surface area contributed by atoms with Crippen molar-refractivity contribution < 1.29 is 14.6 Å². The van der Waals surface area contributed by atoms with Crippen LogP contribution in [-0.2, 0) is 9.53 Å². The van der Waals surface area contributed by atoms with E-state index in [1.54, 1.807) is 0 Å². The summed E-state index contributed by atoms with van der Waals surface area (Å²) in [5.74, 6) is 0.0222. The first-order valence-corrected chi connectivity index (χ1v) is 20.0. The number of ether oxygens (including phenoxy) is 1. The molecule has 0 aromatic heterocycles. The Hall–Kier alpha value is -0.570. The number of hydrogen-bond acceptors (Lipinski definition) is 3. The zero-order chi connectivity index (χ0) is 31.7. The van der Waals surface area contributed by atoms with Gasteiger partial charge in [-0.2, -0.15) is 0 Å². The number of unbranched alkanes of at least 4 members (excludes halogenated alkanes) is 30. The Morgan fingerprint density at radius 1 is 0.372 bits per heavy atom. The topological polar surface area (TPSA) is 46.5 Å². The second kappa shape index (κ2) is 43.6. The first kappa shape index (κ1) is 44.6. The van der Waals surface area contributed by atoms with Crippen molar-refractivity contribution >= 4 is 5.97 Å². The lowest BCUT2D eigenvalue weighted by atomic mass is 10.1. The van der Waals surface area contributed by atoms with E-state index in [-0.39, 0.29) is 5.97 Å². The van der Waals surface area contributed by atoms with Crippen LogP contribution in [0.15, 0.2) is 0 Å². The molecule has 0 radical (unpaired) electrons. The third-order valence-corrected chi connectivity index (χ3v) is 8.76. The number of aliphatic hydroxyl groups excluding tert-OH is 1. The lowest BCUT2D eigenvalue weighted by Crippen LogP contribution is -2.05. The van der Waals surface area contributed by atoms with Gasteiger partial charge in [0.2, 0.25) is 0 Å². The van der Waals surface area contributed by atoms with Crippen molar-refractivity contribution in [1.29, 1.82) is 0 Å². The van der Waals surface area contributed by atoms with Crippen LogP contribution in [0.4, 0.5) is 0 Å². The Labute approximate surface area is 272 Å². The van der Waals surface area contributed by atoms with Gasteiger partial charge in [-0.25, -0.2) is 0 Å². The van der Waals surface area contributed by atoms with E-state index in [0.717, 1.165) is 19.3 Å². The highest BCUT2D eigenvalue weighted by atomic mass is 16.5. The molecule has 0 amide bonds. The molecule has 0 saturated carbocycles. The van der Waals surface area contributed by atoms with E-state index in [4.69, 9.17) is 9.84 Å². The maximum absolute atomic E-state index is 11.8. The van der Waals surface area contributed by atoms with Crippen LogP contribution in [0.5, 0.6) is 0 Å². The first-order chi connectivity index (χ1) is 21.2. The van der Waals surface area contributed by atoms with Gasteiger partial charge in [-0.3, -0.25) is 4.79 Å². The Morgan fingerprint density at radius 3 is 0.930 bits per heavy atom. The monoisotopic (exact) mass is 611 g/mol. The van der Waals surface area contributed by atoms with Crippen molar-refractivity contribution in [3.63, 3.8) is 0 Å². The van der Waals surface area contributed by atoms with E-state index in [9.17, 15) is 4.79 Å². The quantitative estimate of drug-likeness (QED) is 0.0573. The van der Waals surface area contributed by atoms with E-state index in [1.807, 2.05) is 0 Å². The zero-order valence-corrected chi connectivity index (χ0v) is 30.2. The molecule has 43 heavy (non-hydrogen) atoms. The van der Waals surface area contributed by atoms with Crippen molar-refractivity contribution in [3.8, 4) is 0 Å². The fourth-order valence-electron chi connectivity index (χ4n) is 5.73. The molecule has 3 nitrogen and oxygen atoms in total. The molecule has 0 saturated heterocycles. The number of carbonyl (C=O) groups excluding carboxylic acids is 1. The molecule has 1 N–H and O–H groups in total. The summed E-state index contributed by atoms with van der Waals surface area (Å²) in [6.07, 6.45) is 44.6. The van der Waals surface area contributed by atoms with Gasteiger partial charge in [0.05, 0.1) is 6.61 Å². The van der Waals surface area contributed by atoms with E-state index < -0.39 is 0 Å². The molecule has 0 bridgehead atoms. The fourth-order valence-corrected chi connectivity index (χ4v) is 5.73. The van der Waals surface area contributed by atoms with Crippen LogP contribution in [0.3, 0.4) is 0 Å². The van der Waals surface area contributed by atoms with Crippen molar-refractivity contribution in [2.45, 2.75) is 239 Å². The Kier molecular flexibility index (Phi) is 45.1. The van der Waals surface area contributed by atoms with Crippen LogP contribution in [0.25, 0.3) is 0 Å². The number of aliphatic hydroxyl groups is 1. The Bertz CT molecular complexity index is 468. The predicted molar refractivity (Wildman–Crippen MR) is 192 cm³/mol. The standard InChI is InChI=1S/C28H56O2.C12H26O/c1-3-5-7-9-11-13-15-17-19-21-23-25-27-30-28(29)26-24-22-20-18-16-14-12-10-8-6-4-2;1-2-3-4-5-6-7-8-9-10-11-12-13/h3-27H2,1-2H3;13H,2-12H2,1H3. The van der Waals surface area contributed by atoms with Crippen LogP contribution in [-0.4, -0.2) is 24.3 Å². The smallest absolute Gasteiger partial charge is 0.305 e. The molecule has 0 unspecified atom stereocenters. The number of carbonyl (C=O) groups is 1. The summed E-state index contributed by atoms with van der Waals surface area (Å²) >= 11 is 0. The zero-order valence-electron chi connectivity index (χ0n) is 30.2. The maximum Gasteiger partial charge on any atom is 0.305 e. The van der Waals surface area contributed by atoms with Crippen LogP contribution in [0, 0.1) is 0 Å². The summed E-state index contributed by atoms with van der Waals surface area (Å²) in [6, 6.07) is 0. The van der Waals surface area contributed by atoms with Gasteiger partial charge in [-0.05, 0) is 19.3 Å². The third kappa shape index (κ3) is 46.0. The lowest BCUT2D eigenvalue weighted by molar-refractivity contribution is -0.143. The van der Waals surface area contributed by atoms with E-state index in [1.165, 1.54) is 193 Å². The number of esters is 1. The van der Waals surface area contributed by atoms with Crippen LogP contribution < -0.4 is 0 Å². The number of hydrogen-bond donors (Lipinski definition) is 1. The molecule has 0 atom stereocenters. The van der Waals surface area contributed by atoms with Crippen LogP contribution >= 0.6 is 0 Å². The first-order valence-electron chi connectivity index (χ1n) is 20.0. The van der Waals surface area contributed by atoms with E-state index >= 15 is 0 Å². The second-order valence-electron chi connectivity index (χ2n) is 13.3. The van der Waals surface area contributed by atoms with Crippen molar-refractivity contribution in [2.24, 2.45) is 0 Å². The SMILES string of the molecule is CCCCCCCCCCCCCCOC(=O)CCCCCCCCCCCCC.CCCCCCCCCCCCO. The largest absolute Gasteiger partial charge is 0.466 e. The lowest BCUT2D eigenvalue weighted by Gasteiger charge is -2.06. The van der Waals surface area contributed by atoms with Gasteiger partial charge in [0, 0.05) is 13.0 Å². The Balaban J connectivity index is 0. The molecular formula is C40H82O3. The second-order valence-corrected chi connectivity index (χ2v) is 13.3. The number of rotatable bonds is 35. The molecule has 0 aromatic carbocycles. The summed E-state index contributed by atoms with van der Waals surface area (Å²) in [5, 5.41) is 8.57. The molecule has 3 heteroatoms. The molecule has 0 aliphatic rings. The maximum atomic E-state index is 11.8. The minimum absolute atomic E-state index is 0.0222. The molecule has 0 fully saturated rings. The molecule has 0 aromatic rings. The molecule has 0 rings (SSSR count). The van der Waals surface area contributed by atoms with Gasteiger partial charge in [0.1, 0.15) is 0 Å². The van der Waals surface area contributed by atoms with E-state index in [0.29, 0.717) is 19.6 Å². The molecule has 0 heterocycles. The predicted octanol–water partition coefficient (Wildman–Crippen LogP) is 13.8. The summed E-state index contributed by atoms with van der Waals surface area (Å²) < 4.78 is 5.39. The van der Waals surface area contributed by atoms with Crippen LogP contribution in [0.2, 0.25) is 0 Å².